The average Bonchev–Trinajstić information content (AvgIpc) is 2.54. The minimum Gasteiger partial charge on any atom is -0.495 e. The molecule has 0 saturated heterocycles. The Balaban J connectivity index is 1.85. The van der Waals surface area contributed by atoms with E-state index < -0.39 is 6.03 Å². The molecule has 2 aromatic carbocycles. The third kappa shape index (κ3) is 5.03. The van der Waals surface area contributed by atoms with E-state index in [0.29, 0.717) is 17.1 Å². The normalized spacial score (nSPS) is 9.83. The second-order valence-corrected chi connectivity index (χ2v) is 4.93. The van der Waals surface area contributed by atoms with Crippen LogP contribution in [-0.2, 0) is 4.79 Å². The number of ether oxygens (including phenoxy) is 1. The van der Waals surface area contributed by atoms with E-state index in [1.165, 1.54) is 7.11 Å². The predicted molar refractivity (Wildman–Crippen MR) is 89.8 cm³/mol. The second kappa shape index (κ2) is 7.84. The van der Waals surface area contributed by atoms with Crippen LogP contribution in [0, 0.1) is 6.92 Å². The summed E-state index contributed by atoms with van der Waals surface area (Å²) in [5, 5.41) is 7.85. The van der Waals surface area contributed by atoms with Gasteiger partial charge in [0.05, 0.1) is 19.3 Å². The van der Waals surface area contributed by atoms with Crippen LogP contribution in [0.25, 0.3) is 0 Å². The fourth-order valence-corrected chi connectivity index (χ4v) is 1.97. The van der Waals surface area contributed by atoms with Crippen LogP contribution in [-0.4, -0.2) is 25.6 Å². The molecule has 120 valence electrons. The number of carbonyl (C=O) groups is 2. The van der Waals surface area contributed by atoms with Crippen LogP contribution in [0.3, 0.4) is 0 Å². The van der Waals surface area contributed by atoms with Gasteiger partial charge in [-0.1, -0.05) is 24.3 Å². The van der Waals surface area contributed by atoms with Gasteiger partial charge in [-0.3, -0.25) is 4.79 Å². The maximum Gasteiger partial charge on any atom is 0.319 e. The molecule has 23 heavy (non-hydrogen) atoms. The zero-order valence-corrected chi connectivity index (χ0v) is 13.1. The molecule has 0 atom stereocenters. The molecule has 6 heteroatoms. The van der Waals surface area contributed by atoms with Gasteiger partial charge in [0.25, 0.3) is 0 Å². The summed E-state index contributed by atoms with van der Waals surface area (Å²) in [4.78, 5) is 23.7. The highest BCUT2D eigenvalue weighted by Crippen LogP contribution is 2.24. The number of benzene rings is 2. The van der Waals surface area contributed by atoms with Crippen LogP contribution >= 0.6 is 0 Å². The standard InChI is InChI=1S/C17H19N3O3/c1-12-8-9-15(23-2)14(10-12)20-16(21)11-18-17(22)19-13-6-4-3-5-7-13/h3-10H,11H2,1-2H3,(H,20,21)(H2,18,19,22). The first-order valence-corrected chi connectivity index (χ1v) is 7.13. The zero-order valence-electron chi connectivity index (χ0n) is 13.1. The molecule has 0 aliphatic rings. The molecular weight excluding hydrogens is 294 g/mol. The lowest BCUT2D eigenvalue weighted by molar-refractivity contribution is -0.115. The number of rotatable bonds is 5. The topological polar surface area (TPSA) is 79.5 Å². The van der Waals surface area contributed by atoms with Crippen LogP contribution in [0.15, 0.2) is 48.5 Å². The predicted octanol–water partition coefficient (Wildman–Crippen LogP) is 2.76. The maximum atomic E-state index is 11.9. The maximum absolute atomic E-state index is 11.9. The van der Waals surface area contributed by atoms with Crippen LogP contribution in [0.4, 0.5) is 16.2 Å². The highest BCUT2D eigenvalue weighted by Gasteiger charge is 2.09. The van der Waals surface area contributed by atoms with Gasteiger partial charge < -0.3 is 20.7 Å². The molecule has 6 nitrogen and oxygen atoms in total. The number of hydrogen-bond acceptors (Lipinski definition) is 3. The first kappa shape index (κ1) is 16.4. The van der Waals surface area contributed by atoms with Crippen LogP contribution in [0.1, 0.15) is 5.56 Å². The summed E-state index contributed by atoms with van der Waals surface area (Å²) in [6.07, 6.45) is 0. The van der Waals surface area contributed by atoms with Crippen molar-refractivity contribution < 1.29 is 14.3 Å². The van der Waals surface area contributed by atoms with Crippen LogP contribution in [0.2, 0.25) is 0 Å². The Bertz CT molecular complexity index is 687. The van der Waals surface area contributed by atoms with Gasteiger partial charge in [0, 0.05) is 5.69 Å². The first-order valence-electron chi connectivity index (χ1n) is 7.13. The minimum atomic E-state index is -0.442. The molecular formula is C17H19N3O3. The monoisotopic (exact) mass is 313 g/mol. The molecule has 0 spiro atoms. The van der Waals surface area contributed by atoms with Crippen molar-refractivity contribution in [3.05, 3.63) is 54.1 Å². The van der Waals surface area contributed by atoms with Crippen molar-refractivity contribution in [3.63, 3.8) is 0 Å². The summed E-state index contributed by atoms with van der Waals surface area (Å²) in [6, 6.07) is 14.0. The lowest BCUT2D eigenvalue weighted by Gasteiger charge is -2.12. The number of para-hydroxylation sites is 1. The Kier molecular flexibility index (Phi) is 5.57. The van der Waals surface area contributed by atoms with Gasteiger partial charge in [-0.2, -0.15) is 0 Å². The zero-order chi connectivity index (χ0) is 16.7. The van der Waals surface area contributed by atoms with Crippen molar-refractivity contribution in [2.24, 2.45) is 0 Å². The van der Waals surface area contributed by atoms with Crippen molar-refractivity contribution in [2.45, 2.75) is 6.92 Å². The van der Waals surface area contributed by atoms with Crippen molar-refractivity contribution in [3.8, 4) is 5.75 Å². The van der Waals surface area contributed by atoms with Gasteiger partial charge in [-0.25, -0.2) is 4.79 Å². The highest BCUT2D eigenvalue weighted by atomic mass is 16.5. The number of aryl methyl sites for hydroxylation is 1. The summed E-state index contributed by atoms with van der Waals surface area (Å²) < 4.78 is 5.19. The van der Waals surface area contributed by atoms with Crippen molar-refractivity contribution in [1.82, 2.24) is 5.32 Å². The Labute approximate surface area is 134 Å². The van der Waals surface area contributed by atoms with Gasteiger partial charge >= 0.3 is 6.03 Å². The minimum absolute atomic E-state index is 0.143. The molecule has 2 aromatic rings. The number of amides is 3. The number of hydrogen-bond donors (Lipinski definition) is 3. The molecule has 0 fully saturated rings. The average molecular weight is 313 g/mol. The molecule has 0 aromatic heterocycles. The lowest BCUT2D eigenvalue weighted by atomic mass is 10.2. The third-order valence-corrected chi connectivity index (χ3v) is 3.07. The van der Waals surface area contributed by atoms with Crippen molar-refractivity contribution >= 4 is 23.3 Å². The Morgan fingerprint density at radius 3 is 2.48 bits per heavy atom. The third-order valence-electron chi connectivity index (χ3n) is 3.07. The Hall–Kier alpha value is -3.02. The van der Waals surface area contributed by atoms with Crippen LogP contribution < -0.4 is 20.7 Å². The molecule has 3 amide bonds. The van der Waals surface area contributed by atoms with E-state index in [0.717, 1.165) is 5.56 Å². The van der Waals surface area contributed by atoms with E-state index in [2.05, 4.69) is 16.0 Å². The number of nitrogens with one attached hydrogen (secondary N) is 3. The molecule has 0 radical (unpaired) electrons. The number of anilines is 2. The second-order valence-electron chi connectivity index (χ2n) is 4.93. The van der Waals surface area contributed by atoms with E-state index in [4.69, 9.17) is 4.74 Å². The summed E-state index contributed by atoms with van der Waals surface area (Å²) >= 11 is 0. The smallest absolute Gasteiger partial charge is 0.319 e. The van der Waals surface area contributed by atoms with Crippen molar-refractivity contribution in [1.29, 1.82) is 0 Å². The number of carbonyl (C=O) groups excluding carboxylic acids is 2. The molecule has 0 heterocycles. The molecule has 0 bridgehead atoms. The van der Waals surface area contributed by atoms with Gasteiger partial charge in [0.1, 0.15) is 5.75 Å². The number of urea groups is 1. The molecule has 0 saturated carbocycles. The van der Waals surface area contributed by atoms with E-state index in [1.54, 1.807) is 24.3 Å². The van der Waals surface area contributed by atoms with Crippen LogP contribution in [0.5, 0.6) is 5.75 Å². The highest BCUT2D eigenvalue weighted by molar-refractivity contribution is 5.97. The van der Waals surface area contributed by atoms with E-state index in [1.807, 2.05) is 31.2 Å². The van der Waals surface area contributed by atoms with Crippen molar-refractivity contribution in [2.75, 3.05) is 24.3 Å². The molecule has 0 aliphatic heterocycles. The largest absolute Gasteiger partial charge is 0.495 e. The summed E-state index contributed by atoms with van der Waals surface area (Å²) in [6.45, 7) is 1.77. The number of methoxy groups -OCH3 is 1. The lowest BCUT2D eigenvalue weighted by Crippen LogP contribution is -2.35. The summed E-state index contributed by atoms with van der Waals surface area (Å²) in [5.41, 5.74) is 2.23. The van der Waals surface area contributed by atoms with E-state index >= 15 is 0 Å². The van der Waals surface area contributed by atoms with Gasteiger partial charge in [0.15, 0.2) is 0 Å². The van der Waals surface area contributed by atoms with Gasteiger partial charge in [-0.05, 0) is 36.8 Å². The molecule has 3 N–H and O–H groups in total. The van der Waals surface area contributed by atoms with E-state index in [-0.39, 0.29) is 12.5 Å². The SMILES string of the molecule is COc1ccc(C)cc1NC(=O)CNC(=O)Nc1ccccc1. The molecule has 2 rings (SSSR count). The fourth-order valence-electron chi connectivity index (χ4n) is 1.97. The van der Waals surface area contributed by atoms with Gasteiger partial charge in [0.2, 0.25) is 5.91 Å². The fraction of sp³-hybridized carbons (Fsp3) is 0.176. The van der Waals surface area contributed by atoms with Gasteiger partial charge in [-0.15, -0.1) is 0 Å². The first-order chi connectivity index (χ1) is 11.1. The van der Waals surface area contributed by atoms with E-state index in [9.17, 15) is 9.59 Å². The summed E-state index contributed by atoms with van der Waals surface area (Å²) in [5.74, 6) is 0.231. The Morgan fingerprint density at radius 2 is 1.78 bits per heavy atom. The molecule has 0 unspecified atom stereocenters. The molecule has 0 aliphatic carbocycles. The quantitative estimate of drug-likeness (QED) is 0.794. The summed E-state index contributed by atoms with van der Waals surface area (Å²) in [7, 11) is 1.53. The Morgan fingerprint density at radius 1 is 1.04 bits per heavy atom.